The third-order valence-electron chi connectivity index (χ3n) is 4.71. The van der Waals surface area contributed by atoms with E-state index in [1.54, 1.807) is 0 Å². The van der Waals surface area contributed by atoms with Gasteiger partial charge in [-0.2, -0.15) is 0 Å². The van der Waals surface area contributed by atoms with Crippen LogP contribution in [0.2, 0.25) is 0 Å². The lowest BCUT2D eigenvalue weighted by atomic mass is 9.93. The summed E-state index contributed by atoms with van der Waals surface area (Å²) in [7, 11) is 0. The van der Waals surface area contributed by atoms with Crippen molar-refractivity contribution in [2.24, 2.45) is 5.92 Å². The molecule has 0 aromatic heterocycles. The topological polar surface area (TPSA) is 66.8 Å². The predicted octanol–water partition coefficient (Wildman–Crippen LogP) is 3.59. The number of carbonyl (C=O) groups is 2. The van der Waals surface area contributed by atoms with E-state index in [9.17, 15) is 9.59 Å². The summed E-state index contributed by atoms with van der Waals surface area (Å²) in [5.74, 6) is 0.239. The van der Waals surface area contributed by atoms with Crippen LogP contribution in [0.25, 0.3) is 0 Å². The zero-order valence-electron chi connectivity index (χ0n) is 14.6. The molecule has 0 unspecified atom stereocenters. The zero-order chi connectivity index (χ0) is 18.4. The van der Waals surface area contributed by atoms with E-state index in [1.165, 1.54) is 0 Å². The molecule has 1 aliphatic rings. The molecule has 136 valence electrons. The summed E-state index contributed by atoms with van der Waals surface area (Å²) in [5.41, 5.74) is 1.66. The number of aliphatic carboxylic acids is 1. The third kappa shape index (κ3) is 4.85. The Bertz CT molecular complexity index is 734. The van der Waals surface area contributed by atoms with Crippen molar-refractivity contribution in [3.63, 3.8) is 0 Å². The van der Waals surface area contributed by atoms with Crippen molar-refractivity contribution in [1.29, 1.82) is 0 Å². The maximum atomic E-state index is 12.6. The molecule has 2 aromatic carbocycles. The van der Waals surface area contributed by atoms with Gasteiger partial charge in [-0.15, -0.1) is 0 Å². The fourth-order valence-corrected chi connectivity index (χ4v) is 3.20. The molecule has 0 spiro atoms. The number of carboxylic acid groups (broad SMARTS) is 1. The number of rotatable bonds is 6. The number of carbonyl (C=O) groups excluding carboxylic acids is 1. The first-order chi connectivity index (χ1) is 12.6. The van der Waals surface area contributed by atoms with Crippen LogP contribution in [-0.4, -0.2) is 35.0 Å². The second-order valence-corrected chi connectivity index (χ2v) is 6.63. The molecule has 3 rings (SSSR count). The summed E-state index contributed by atoms with van der Waals surface area (Å²) in [6.45, 7) is 1.70. The molecule has 0 aliphatic carbocycles. The SMILES string of the molecule is O=C(O)CC1CCN(C(=O)c2ccc(COc3ccccc3)cc2)CC1. The Morgan fingerprint density at radius 1 is 1.00 bits per heavy atom. The highest BCUT2D eigenvalue weighted by Gasteiger charge is 2.24. The number of amides is 1. The molecular formula is C21H23NO4. The summed E-state index contributed by atoms with van der Waals surface area (Å²) in [6.07, 6.45) is 1.69. The monoisotopic (exact) mass is 353 g/mol. The molecule has 0 bridgehead atoms. The Morgan fingerprint density at radius 2 is 1.65 bits per heavy atom. The fourth-order valence-electron chi connectivity index (χ4n) is 3.20. The number of nitrogens with zero attached hydrogens (tertiary/aromatic N) is 1. The molecule has 2 aromatic rings. The van der Waals surface area contributed by atoms with E-state index >= 15 is 0 Å². The molecule has 0 atom stereocenters. The van der Waals surface area contributed by atoms with E-state index in [1.807, 2.05) is 59.5 Å². The molecule has 1 aliphatic heterocycles. The molecule has 1 heterocycles. The average molecular weight is 353 g/mol. The second kappa shape index (κ2) is 8.52. The number of para-hydroxylation sites is 1. The standard InChI is InChI=1S/C21H23NO4/c23-20(24)14-16-10-12-22(13-11-16)21(25)18-8-6-17(7-9-18)15-26-19-4-2-1-3-5-19/h1-9,16H,10-15H2,(H,23,24). The van der Waals surface area contributed by atoms with Crippen molar-refractivity contribution in [2.75, 3.05) is 13.1 Å². The lowest BCUT2D eigenvalue weighted by Gasteiger charge is -2.31. The van der Waals surface area contributed by atoms with Crippen LogP contribution >= 0.6 is 0 Å². The summed E-state index contributed by atoms with van der Waals surface area (Å²) in [5, 5.41) is 8.87. The average Bonchev–Trinajstić information content (AvgIpc) is 2.67. The van der Waals surface area contributed by atoms with Gasteiger partial charge in [0.25, 0.3) is 5.91 Å². The molecule has 1 N–H and O–H groups in total. The number of piperidine rings is 1. The Hall–Kier alpha value is -2.82. The van der Waals surface area contributed by atoms with Crippen LogP contribution in [0, 0.1) is 5.92 Å². The Kier molecular flexibility index (Phi) is 5.89. The second-order valence-electron chi connectivity index (χ2n) is 6.63. The summed E-state index contributed by atoms with van der Waals surface area (Å²) in [4.78, 5) is 25.2. The smallest absolute Gasteiger partial charge is 0.303 e. The van der Waals surface area contributed by atoms with E-state index < -0.39 is 5.97 Å². The summed E-state index contributed by atoms with van der Waals surface area (Å²) >= 11 is 0. The van der Waals surface area contributed by atoms with Crippen LogP contribution in [0.15, 0.2) is 54.6 Å². The maximum absolute atomic E-state index is 12.6. The summed E-state index contributed by atoms with van der Waals surface area (Å²) < 4.78 is 5.71. The van der Waals surface area contributed by atoms with Gasteiger partial charge in [-0.3, -0.25) is 9.59 Å². The number of benzene rings is 2. The fraction of sp³-hybridized carbons (Fsp3) is 0.333. The van der Waals surface area contributed by atoms with Gasteiger partial charge >= 0.3 is 5.97 Å². The number of likely N-dealkylation sites (tertiary alicyclic amines) is 1. The van der Waals surface area contributed by atoms with Gasteiger partial charge in [0, 0.05) is 25.1 Å². The van der Waals surface area contributed by atoms with Gasteiger partial charge < -0.3 is 14.7 Å². The highest BCUT2D eigenvalue weighted by Crippen LogP contribution is 2.22. The van der Waals surface area contributed by atoms with Crippen molar-refractivity contribution in [2.45, 2.75) is 25.9 Å². The van der Waals surface area contributed by atoms with Crippen molar-refractivity contribution in [1.82, 2.24) is 4.90 Å². The van der Waals surface area contributed by atoms with Crippen LogP contribution in [-0.2, 0) is 11.4 Å². The number of carboxylic acids is 1. The van der Waals surface area contributed by atoms with Crippen LogP contribution in [0.1, 0.15) is 35.2 Å². The van der Waals surface area contributed by atoms with Gasteiger partial charge in [0.05, 0.1) is 0 Å². The number of hydrogen-bond acceptors (Lipinski definition) is 3. The van der Waals surface area contributed by atoms with Crippen LogP contribution in [0.3, 0.4) is 0 Å². The Morgan fingerprint density at radius 3 is 2.27 bits per heavy atom. The van der Waals surface area contributed by atoms with Crippen LogP contribution < -0.4 is 4.74 Å². The molecule has 0 radical (unpaired) electrons. The Labute approximate surface area is 153 Å². The first-order valence-electron chi connectivity index (χ1n) is 8.89. The molecule has 0 saturated carbocycles. The van der Waals surface area contributed by atoms with Gasteiger partial charge in [-0.05, 0) is 48.6 Å². The van der Waals surface area contributed by atoms with Gasteiger partial charge in [0.15, 0.2) is 0 Å². The normalized spacial score (nSPS) is 14.8. The van der Waals surface area contributed by atoms with Crippen molar-refractivity contribution in [3.05, 3.63) is 65.7 Å². The molecular weight excluding hydrogens is 330 g/mol. The van der Waals surface area contributed by atoms with Crippen LogP contribution in [0.5, 0.6) is 5.75 Å². The Balaban J connectivity index is 1.52. The summed E-state index contributed by atoms with van der Waals surface area (Å²) in [6, 6.07) is 17.1. The minimum Gasteiger partial charge on any atom is -0.489 e. The van der Waals surface area contributed by atoms with Crippen molar-refractivity contribution in [3.8, 4) is 5.75 Å². The lowest BCUT2D eigenvalue weighted by Crippen LogP contribution is -2.38. The molecule has 1 fully saturated rings. The maximum Gasteiger partial charge on any atom is 0.303 e. The first kappa shape index (κ1) is 18.0. The highest BCUT2D eigenvalue weighted by molar-refractivity contribution is 5.94. The highest BCUT2D eigenvalue weighted by atomic mass is 16.5. The largest absolute Gasteiger partial charge is 0.489 e. The van der Waals surface area contributed by atoms with Gasteiger partial charge in [-0.25, -0.2) is 0 Å². The lowest BCUT2D eigenvalue weighted by molar-refractivity contribution is -0.138. The minimum atomic E-state index is -0.761. The van der Waals surface area contributed by atoms with Crippen LogP contribution in [0.4, 0.5) is 0 Å². The third-order valence-corrected chi connectivity index (χ3v) is 4.71. The van der Waals surface area contributed by atoms with E-state index in [-0.39, 0.29) is 18.2 Å². The number of ether oxygens (including phenoxy) is 1. The molecule has 26 heavy (non-hydrogen) atoms. The number of hydrogen-bond donors (Lipinski definition) is 1. The molecule has 1 saturated heterocycles. The van der Waals surface area contributed by atoms with E-state index in [0.29, 0.717) is 25.3 Å². The van der Waals surface area contributed by atoms with Gasteiger partial charge in [0.1, 0.15) is 12.4 Å². The van der Waals surface area contributed by atoms with E-state index in [0.717, 1.165) is 24.2 Å². The minimum absolute atomic E-state index is 0.00861. The van der Waals surface area contributed by atoms with Crippen molar-refractivity contribution < 1.29 is 19.4 Å². The van der Waals surface area contributed by atoms with E-state index in [4.69, 9.17) is 9.84 Å². The van der Waals surface area contributed by atoms with Crippen molar-refractivity contribution >= 4 is 11.9 Å². The molecule has 1 amide bonds. The van der Waals surface area contributed by atoms with E-state index in [2.05, 4.69) is 0 Å². The molecule has 5 nitrogen and oxygen atoms in total. The first-order valence-corrected chi connectivity index (χ1v) is 8.89. The van der Waals surface area contributed by atoms with Gasteiger partial charge in [-0.1, -0.05) is 30.3 Å². The predicted molar refractivity (Wildman–Crippen MR) is 98.1 cm³/mol. The zero-order valence-corrected chi connectivity index (χ0v) is 14.6. The molecule has 5 heteroatoms. The quantitative estimate of drug-likeness (QED) is 0.862. The van der Waals surface area contributed by atoms with Gasteiger partial charge in [0.2, 0.25) is 0 Å².